The van der Waals surface area contributed by atoms with Crippen molar-refractivity contribution in [3.8, 4) is 0 Å². The van der Waals surface area contributed by atoms with Gasteiger partial charge in [0.15, 0.2) is 11.1 Å². The molecule has 6 nitrogen and oxygen atoms in total. The van der Waals surface area contributed by atoms with Gasteiger partial charge >= 0.3 is 0 Å². The van der Waals surface area contributed by atoms with Crippen LogP contribution in [-0.4, -0.2) is 17.2 Å². The molecule has 1 rings (SSSR count). The molecule has 0 aliphatic carbocycles. The van der Waals surface area contributed by atoms with Crippen LogP contribution in [0.15, 0.2) is 28.0 Å². The third kappa shape index (κ3) is 2.61. The summed E-state index contributed by atoms with van der Waals surface area (Å²) in [5.41, 5.74) is 0.534. The number of nitrogens with two attached hydrogens (primary N) is 1. The Bertz CT molecular complexity index is 498. The molecule has 8 heteroatoms. The molecule has 0 heterocycles. The predicted octanol–water partition coefficient (Wildman–Crippen LogP) is -0.272. The van der Waals surface area contributed by atoms with Crippen molar-refractivity contribution in [2.45, 2.75) is 16.7 Å². The van der Waals surface area contributed by atoms with E-state index in [1.54, 1.807) is 11.8 Å². The van der Waals surface area contributed by atoms with Gasteiger partial charge in [0.1, 0.15) is 0 Å². The number of nitrogens with one attached hydrogen (secondary N) is 1. The standard InChI is InChI=1S/C7H10N2O4S2/c1-5-2-3-6(15(12,13)9-8)4-7(5)14(10)11/h2-4,9H,8H2,1H3,(H,10,11). The highest BCUT2D eigenvalue weighted by molar-refractivity contribution is 7.89. The maximum atomic E-state index is 11.3. The van der Waals surface area contributed by atoms with E-state index in [4.69, 9.17) is 10.4 Å². The number of hydrazine groups is 1. The van der Waals surface area contributed by atoms with E-state index in [1.807, 2.05) is 0 Å². The summed E-state index contributed by atoms with van der Waals surface area (Å²) in [6.07, 6.45) is 0. The van der Waals surface area contributed by atoms with E-state index in [2.05, 4.69) is 0 Å². The molecule has 0 aliphatic rings. The molecule has 1 aromatic rings. The zero-order valence-corrected chi connectivity index (χ0v) is 9.43. The van der Waals surface area contributed by atoms with Gasteiger partial charge in [-0.1, -0.05) is 6.07 Å². The Morgan fingerprint density at radius 2 is 2.07 bits per heavy atom. The fourth-order valence-electron chi connectivity index (χ4n) is 1.00. The average molecular weight is 250 g/mol. The Morgan fingerprint density at radius 3 is 2.53 bits per heavy atom. The minimum absolute atomic E-state index is 0.0475. The van der Waals surface area contributed by atoms with E-state index in [9.17, 15) is 12.6 Å². The fourth-order valence-corrected chi connectivity index (χ4v) is 2.31. The second-order valence-corrected chi connectivity index (χ2v) is 5.45. The lowest BCUT2D eigenvalue weighted by Gasteiger charge is -2.05. The van der Waals surface area contributed by atoms with E-state index in [-0.39, 0.29) is 9.79 Å². The zero-order valence-electron chi connectivity index (χ0n) is 7.80. The molecule has 1 atom stereocenters. The molecule has 1 unspecified atom stereocenters. The average Bonchev–Trinajstić information content (AvgIpc) is 2.17. The minimum atomic E-state index is -3.79. The molecule has 15 heavy (non-hydrogen) atoms. The molecule has 0 fully saturated rings. The molecule has 0 radical (unpaired) electrons. The smallest absolute Gasteiger partial charge is 0.253 e. The van der Waals surface area contributed by atoms with Crippen molar-refractivity contribution in [3.63, 3.8) is 0 Å². The fraction of sp³-hybridized carbons (Fsp3) is 0.143. The van der Waals surface area contributed by atoms with Gasteiger partial charge in [-0.05, 0) is 24.6 Å². The van der Waals surface area contributed by atoms with Crippen molar-refractivity contribution < 1.29 is 17.2 Å². The highest BCUT2D eigenvalue weighted by Crippen LogP contribution is 2.17. The summed E-state index contributed by atoms with van der Waals surface area (Å²) in [6.45, 7) is 1.61. The van der Waals surface area contributed by atoms with Gasteiger partial charge in [-0.25, -0.2) is 12.6 Å². The second-order valence-electron chi connectivity index (χ2n) is 2.80. The molecule has 0 spiro atoms. The minimum Gasteiger partial charge on any atom is -0.302 e. The normalized spacial score (nSPS) is 13.8. The first kappa shape index (κ1) is 12.3. The summed E-state index contributed by atoms with van der Waals surface area (Å²) in [5, 5.41) is 0. The van der Waals surface area contributed by atoms with Crippen LogP contribution in [0.25, 0.3) is 0 Å². The molecule has 0 aromatic heterocycles. The summed E-state index contributed by atoms with van der Waals surface area (Å²) in [7, 11) is -3.79. The third-order valence-corrected chi connectivity index (χ3v) is 3.81. The number of hydrogen-bond donors (Lipinski definition) is 3. The van der Waals surface area contributed by atoms with Gasteiger partial charge in [-0.3, -0.25) is 5.84 Å². The van der Waals surface area contributed by atoms with Gasteiger partial charge in [-0.2, -0.15) is 4.83 Å². The maximum absolute atomic E-state index is 11.3. The summed E-state index contributed by atoms with van der Waals surface area (Å²) in [4.78, 5) is 1.54. The summed E-state index contributed by atoms with van der Waals surface area (Å²) >= 11 is -2.22. The molecule has 0 saturated heterocycles. The van der Waals surface area contributed by atoms with Gasteiger partial charge in [-0.15, -0.1) is 0 Å². The lowest BCUT2D eigenvalue weighted by molar-refractivity contribution is 0.563. The topological polar surface area (TPSA) is 109 Å². The van der Waals surface area contributed by atoms with Crippen molar-refractivity contribution in [2.24, 2.45) is 5.84 Å². The first-order chi connectivity index (χ1) is 6.88. The Kier molecular flexibility index (Phi) is 3.58. The first-order valence-electron chi connectivity index (χ1n) is 3.82. The molecule has 0 bridgehead atoms. The van der Waals surface area contributed by atoms with Crippen LogP contribution in [-0.2, 0) is 21.1 Å². The largest absolute Gasteiger partial charge is 0.302 e. The number of sulfonamides is 1. The monoisotopic (exact) mass is 250 g/mol. The predicted molar refractivity (Wildman–Crippen MR) is 54.7 cm³/mol. The van der Waals surface area contributed by atoms with Crippen LogP contribution in [0.5, 0.6) is 0 Å². The van der Waals surface area contributed by atoms with Crippen LogP contribution in [0.1, 0.15) is 5.56 Å². The lowest BCUT2D eigenvalue weighted by atomic mass is 10.2. The van der Waals surface area contributed by atoms with Crippen LogP contribution < -0.4 is 10.7 Å². The van der Waals surface area contributed by atoms with Crippen molar-refractivity contribution in [3.05, 3.63) is 23.8 Å². The number of aryl methyl sites for hydroxylation is 1. The van der Waals surface area contributed by atoms with Gasteiger partial charge in [0.05, 0.1) is 9.79 Å². The van der Waals surface area contributed by atoms with E-state index in [1.165, 1.54) is 12.1 Å². The molecular formula is C7H10N2O4S2. The third-order valence-electron chi connectivity index (χ3n) is 1.81. The Labute approximate surface area is 89.8 Å². The van der Waals surface area contributed by atoms with E-state index < -0.39 is 21.1 Å². The highest BCUT2D eigenvalue weighted by Gasteiger charge is 2.15. The molecule has 1 aromatic carbocycles. The summed E-state index contributed by atoms with van der Waals surface area (Å²) in [6, 6.07) is 3.86. The summed E-state index contributed by atoms with van der Waals surface area (Å²) < 4.78 is 42.3. The van der Waals surface area contributed by atoms with Crippen molar-refractivity contribution in [1.29, 1.82) is 0 Å². The Balaban J connectivity index is 3.38. The van der Waals surface area contributed by atoms with Gasteiger partial charge in [0.2, 0.25) is 0 Å². The number of hydrogen-bond acceptors (Lipinski definition) is 4. The van der Waals surface area contributed by atoms with Gasteiger partial charge in [0, 0.05) is 0 Å². The molecule has 4 N–H and O–H groups in total. The molecule has 0 saturated carbocycles. The highest BCUT2D eigenvalue weighted by atomic mass is 32.2. The number of benzene rings is 1. The van der Waals surface area contributed by atoms with E-state index >= 15 is 0 Å². The zero-order chi connectivity index (χ0) is 11.6. The lowest BCUT2D eigenvalue weighted by Crippen LogP contribution is -2.30. The SMILES string of the molecule is Cc1ccc(S(=O)(=O)NN)cc1S(=O)O. The van der Waals surface area contributed by atoms with Crippen molar-refractivity contribution in [2.75, 3.05) is 0 Å². The van der Waals surface area contributed by atoms with Gasteiger partial charge in [0.25, 0.3) is 10.0 Å². The van der Waals surface area contributed by atoms with Crippen LogP contribution in [0, 0.1) is 6.92 Å². The molecule has 0 amide bonds. The van der Waals surface area contributed by atoms with Crippen molar-refractivity contribution >= 4 is 21.1 Å². The molecular weight excluding hydrogens is 240 g/mol. The quantitative estimate of drug-likeness (QED) is 0.388. The number of rotatable bonds is 3. The van der Waals surface area contributed by atoms with E-state index in [0.29, 0.717) is 5.56 Å². The molecule has 84 valence electrons. The van der Waals surface area contributed by atoms with Gasteiger partial charge < -0.3 is 4.55 Å². The van der Waals surface area contributed by atoms with Crippen LogP contribution in [0.2, 0.25) is 0 Å². The summed E-state index contributed by atoms with van der Waals surface area (Å²) in [5.74, 6) is 4.83. The Hall–Kier alpha value is -0.800. The second kappa shape index (κ2) is 4.37. The van der Waals surface area contributed by atoms with E-state index in [0.717, 1.165) is 6.07 Å². The molecule has 0 aliphatic heterocycles. The first-order valence-corrected chi connectivity index (χ1v) is 6.41. The van der Waals surface area contributed by atoms with Crippen LogP contribution in [0.4, 0.5) is 0 Å². The van der Waals surface area contributed by atoms with Crippen LogP contribution in [0.3, 0.4) is 0 Å². The van der Waals surface area contributed by atoms with Crippen LogP contribution >= 0.6 is 0 Å². The maximum Gasteiger partial charge on any atom is 0.253 e. The Morgan fingerprint density at radius 1 is 1.47 bits per heavy atom. The van der Waals surface area contributed by atoms with Crippen molar-refractivity contribution in [1.82, 2.24) is 4.83 Å².